The van der Waals surface area contributed by atoms with Crippen molar-refractivity contribution in [1.82, 2.24) is 5.32 Å². The van der Waals surface area contributed by atoms with E-state index >= 15 is 0 Å². The summed E-state index contributed by atoms with van der Waals surface area (Å²) in [6.07, 6.45) is 8.41. The van der Waals surface area contributed by atoms with Crippen molar-refractivity contribution >= 4 is 5.97 Å². The van der Waals surface area contributed by atoms with E-state index in [9.17, 15) is 4.79 Å². The summed E-state index contributed by atoms with van der Waals surface area (Å²) >= 11 is 0. The highest BCUT2D eigenvalue weighted by Gasteiger charge is 2.39. The van der Waals surface area contributed by atoms with E-state index in [0.717, 1.165) is 6.42 Å². The third-order valence-electron chi connectivity index (χ3n) is 2.61. The van der Waals surface area contributed by atoms with Crippen molar-refractivity contribution in [2.24, 2.45) is 5.92 Å². The van der Waals surface area contributed by atoms with Crippen molar-refractivity contribution in [1.29, 1.82) is 0 Å². The van der Waals surface area contributed by atoms with Crippen LogP contribution in [-0.4, -0.2) is 25.2 Å². The lowest BCUT2D eigenvalue weighted by Crippen LogP contribution is -2.50. The predicted molar refractivity (Wildman–Crippen MR) is 54.6 cm³/mol. The summed E-state index contributed by atoms with van der Waals surface area (Å²) in [5.41, 5.74) is -0.609. The van der Waals surface area contributed by atoms with Crippen LogP contribution in [0.5, 0.6) is 0 Å². The molecule has 3 nitrogen and oxygen atoms in total. The Morgan fingerprint density at radius 1 is 1.71 bits per heavy atom. The molecule has 0 heterocycles. The van der Waals surface area contributed by atoms with Crippen LogP contribution in [0.4, 0.5) is 0 Å². The van der Waals surface area contributed by atoms with Gasteiger partial charge in [0.15, 0.2) is 0 Å². The number of hydrogen-bond donors (Lipinski definition) is 1. The zero-order valence-electron chi connectivity index (χ0n) is 8.80. The Bertz CT molecular complexity index is 253. The average molecular weight is 195 g/mol. The topological polar surface area (TPSA) is 38.3 Å². The van der Waals surface area contributed by atoms with Crippen molar-refractivity contribution < 1.29 is 9.53 Å². The normalized spacial score (nSPS) is 19.5. The Labute approximate surface area is 85.2 Å². The summed E-state index contributed by atoms with van der Waals surface area (Å²) in [7, 11) is 1.41. The van der Waals surface area contributed by atoms with Crippen molar-refractivity contribution in [2.45, 2.75) is 31.7 Å². The molecule has 1 aliphatic rings. The fourth-order valence-corrected chi connectivity index (χ4v) is 1.60. The molecule has 1 rings (SSSR count). The van der Waals surface area contributed by atoms with Crippen molar-refractivity contribution in [3.63, 3.8) is 0 Å². The van der Waals surface area contributed by atoms with E-state index in [-0.39, 0.29) is 5.97 Å². The van der Waals surface area contributed by atoms with E-state index in [1.165, 1.54) is 20.0 Å². The fraction of sp³-hybridized carbons (Fsp3) is 0.727. The summed E-state index contributed by atoms with van der Waals surface area (Å²) in [6, 6.07) is 0. The minimum Gasteiger partial charge on any atom is -0.468 e. The van der Waals surface area contributed by atoms with Crippen LogP contribution in [0.1, 0.15) is 26.2 Å². The van der Waals surface area contributed by atoms with E-state index in [1.54, 1.807) is 0 Å². The predicted octanol–water partition coefficient (Wildman–Crippen LogP) is 0.941. The van der Waals surface area contributed by atoms with Crippen LogP contribution in [0.2, 0.25) is 0 Å². The highest BCUT2D eigenvalue weighted by atomic mass is 16.5. The highest BCUT2D eigenvalue weighted by Crippen LogP contribution is 2.37. The van der Waals surface area contributed by atoms with Crippen LogP contribution in [0.15, 0.2) is 0 Å². The molecule has 1 aliphatic carbocycles. The van der Waals surface area contributed by atoms with Gasteiger partial charge in [0.2, 0.25) is 0 Å². The number of terminal acetylenes is 1. The molecule has 0 aliphatic heterocycles. The minimum atomic E-state index is -0.609. The fourth-order valence-electron chi connectivity index (χ4n) is 1.60. The molecule has 3 heteroatoms. The van der Waals surface area contributed by atoms with Crippen LogP contribution < -0.4 is 5.32 Å². The molecule has 0 spiro atoms. The number of methoxy groups -OCH3 is 1. The van der Waals surface area contributed by atoms with Crippen molar-refractivity contribution in [3.05, 3.63) is 0 Å². The molecule has 0 aromatic heterocycles. The second kappa shape index (κ2) is 4.47. The molecule has 0 aromatic rings. The number of carbonyl (C=O) groups is 1. The lowest BCUT2D eigenvalue weighted by atomic mass is 9.95. The highest BCUT2D eigenvalue weighted by molar-refractivity contribution is 5.80. The maximum atomic E-state index is 11.5. The summed E-state index contributed by atoms with van der Waals surface area (Å²) in [5, 5.41) is 3.06. The summed E-state index contributed by atoms with van der Waals surface area (Å²) < 4.78 is 4.77. The van der Waals surface area contributed by atoms with Gasteiger partial charge in [-0.05, 0) is 19.3 Å². The van der Waals surface area contributed by atoms with Crippen LogP contribution in [0.3, 0.4) is 0 Å². The number of hydrogen-bond acceptors (Lipinski definition) is 3. The molecule has 14 heavy (non-hydrogen) atoms. The SMILES string of the molecule is C#CCNC(C)(CC1CC1)C(=O)OC. The summed E-state index contributed by atoms with van der Waals surface area (Å²) in [4.78, 5) is 11.5. The zero-order chi connectivity index (χ0) is 10.6. The molecule has 0 radical (unpaired) electrons. The summed E-state index contributed by atoms with van der Waals surface area (Å²) in [6.45, 7) is 2.26. The second-order valence-electron chi connectivity index (χ2n) is 4.03. The van der Waals surface area contributed by atoms with Crippen LogP contribution >= 0.6 is 0 Å². The van der Waals surface area contributed by atoms with Crippen LogP contribution in [-0.2, 0) is 9.53 Å². The number of rotatable bonds is 5. The van der Waals surface area contributed by atoms with Crippen LogP contribution in [0.25, 0.3) is 0 Å². The Morgan fingerprint density at radius 2 is 2.36 bits per heavy atom. The molecular formula is C11H17NO2. The molecule has 1 atom stereocenters. The lowest BCUT2D eigenvalue weighted by molar-refractivity contribution is -0.148. The number of nitrogens with one attached hydrogen (secondary N) is 1. The third kappa shape index (κ3) is 2.74. The molecule has 0 amide bonds. The average Bonchev–Trinajstić information content (AvgIpc) is 2.97. The van der Waals surface area contributed by atoms with E-state index < -0.39 is 5.54 Å². The van der Waals surface area contributed by atoms with Gasteiger partial charge in [-0.25, -0.2) is 0 Å². The quantitative estimate of drug-likeness (QED) is 0.524. The second-order valence-corrected chi connectivity index (χ2v) is 4.03. The van der Waals surface area contributed by atoms with Gasteiger partial charge in [0.25, 0.3) is 0 Å². The first-order chi connectivity index (χ1) is 6.62. The van der Waals surface area contributed by atoms with Gasteiger partial charge in [-0.3, -0.25) is 10.1 Å². The minimum absolute atomic E-state index is 0.223. The lowest BCUT2D eigenvalue weighted by Gasteiger charge is -2.27. The molecule has 78 valence electrons. The summed E-state index contributed by atoms with van der Waals surface area (Å²) in [5.74, 6) is 2.91. The van der Waals surface area contributed by atoms with Crippen molar-refractivity contribution in [3.8, 4) is 12.3 Å². The van der Waals surface area contributed by atoms with E-state index in [4.69, 9.17) is 11.2 Å². The molecule has 0 saturated heterocycles. The van der Waals surface area contributed by atoms with Gasteiger partial charge < -0.3 is 4.74 Å². The van der Waals surface area contributed by atoms with Crippen LogP contribution in [0, 0.1) is 18.3 Å². The Morgan fingerprint density at radius 3 is 2.79 bits per heavy atom. The first kappa shape index (κ1) is 11.1. The maximum Gasteiger partial charge on any atom is 0.325 e. The zero-order valence-corrected chi connectivity index (χ0v) is 8.80. The molecule has 1 fully saturated rings. The van der Waals surface area contributed by atoms with Gasteiger partial charge in [-0.1, -0.05) is 18.8 Å². The molecule has 1 unspecified atom stereocenters. The van der Waals surface area contributed by atoms with Gasteiger partial charge in [0.05, 0.1) is 13.7 Å². The first-order valence-corrected chi connectivity index (χ1v) is 4.89. The number of ether oxygens (including phenoxy) is 1. The standard InChI is InChI=1S/C11H17NO2/c1-4-7-12-11(2,10(13)14-3)8-9-5-6-9/h1,9,12H,5-8H2,2-3H3. The maximum absolute atomic E-state index is 11.5. The van der Waals surface area contributed by atoms with Crippen molar-refractivity contribution in [2.75, 3.05) is 13.7 Å². The van der Waals surface area contributed by atoms with E-state index in [0.29, 0.717) is 12.5 Å². The van der Waals surface area contributed by atoms with Gasteiger partial charge in [0.1, 0.15) is 5.54 Å². The third-order valence-corrected chi connectivity index (χ3v) is 2.61. The number of carbonyl (C=O) groups excluding carboxylic acids is 1. The first-order valence-electron chi connectivity index (χ1n) is 4.89. The molecular weight excluding hydrogens is 178 g/mol. The molecule has 1 N–H and O–H groups in total. The Kier molecular flexibility index (Phi) is 3.54. The Hall–Kier alpha value is -1.01. The van der Waals surface area contributed by atoms with Gasteiger partial charge in [0, 0.05) is 0 Å². The Balaban J connectivity index is 2.56. The van der Waals surface area contributed by atoms with Gasteiger partial charge in [-0.15, -0.1) is 6.42 Å². The molecule has 0 bridgehead atoms. The molecule has 0 aromatic carbocycles. The van der Waals surface area contributed by atoms with Gasteiger partial charge in [-0.2, -0.15) is 0 Å². The number of esters is 1. The van der Waals surface area contributed by atoms with E-state index in [2.05, 4.69) is 11.2 Å². The monoisotopic (exact) mass is 195 g/mol. The molecule has 1 saturated carbocycles. The van der Waals surface area contributed by atoms with E-state index in [1.807, 2.05) is 6.92 Å². The smallest absolute Gasteiger partial charge is 0.325 e. The largest absolute Gasteiger partial charge is 0.468 e. The van der Waals surface area contributed by atoms with Gasteiger partial charge >= 0.3 is 5.97 Å².